The molecule has 0 fully saturated rings. The molecule has 1 N–H and O–H groups in total. The lowest BCUT2D eigenvalue weighted by Crippen LogP contribution is -2.21. The summed E-state index contributed by atoms with van der Waals surface area (Å²) in [6.07, 6.45) is 0. The van der Waals surface area contributed by atoms with Crippen molar-refractivity contribution in [3.8, 4) is 0 Å². The lowest BCUT2D eigenvalue weighted by Gasteiger charge is -2.12. The van der Waals surface area contributed by atoms with Crippen LogP contribution < -0.4 is 10.2 Å². The van der Waals surface area contributed by atoms with Gasteiger partial charge in [0.1, 0.15) is 0 Å². The Morgan fingerprint density at radius 3 is 2.17 bits per heavy atom. The first kappa shape index (κ1) is 18.1. The van der Waals surface area contributed by atoms with E-state index in [1.165, 1.54) is 0 Å². The van der Waals surface area contributed by atoms with Crippen LogP contribution in [0.4, 0.5) is 11.4 Å². The Labute approximate surface area is 150 Å². The summed E-state index contributed by atoms with van der Waals surface area (Å²) in [5, 5.41) is 3.36. The molecule has 0 spiro atoms. The van der Waals surface area contributed by atoms with Crippen molar-refractivity contribution in [1.82, 2.24) is 0 Å². The third-order valence-electron chi connectivity index (χ3n) is 3.10. The highest BCUT2D eigenvalue weighted by Crippen LogP contribution is 2.22. The third kappa shape index (κ3) is 5.15. The van der Waals surface area contributed by atoms with Gasteiger partial charge in [0, 0.05) is 35.5 Å². The van der Waals surface area contributed by atoms with Gasteiger partial charge >= 0.3 is 5.97 Å². The molecule has 5 nitrogen and oxygen atoms in total. The smallest absolute Gasteiger partial charge is 0.338 e. The number of ether oxygens (including phenoxy) is 1. The first-order chi connectivity index (χ1) is 11.3. The molecular formula is C17H16Cl2N2O3. The lowest BCUT2D eigenvalue weighted by molar-refractivity contribution is -0.119. The number of halogens is 2. The normalized spacial score (nSPS) is 10.2. The molecule has 0 saturated heterocycles. The number of nitrogens with zero attached hydrogens (tertiary/aromatic N) is 1. The van der Waals surface area contributed by atoms with E-state index in [0.29, 0.717) is 21.3 Å². The number of carbonyl (C=O) groups excluding carboxylic acids is 2. The standard InChI is InChI=1S/C17H16Cl2N2O3/c1-21(2)15-5-3-11(4-6-15)17(23)24-10-16(22)20-14-8-12(18)7-13(19)9-14/h3-9H,10H2,1-2H3,(H,20,22). The van der Waals surface area contributed by atoms with Crippen LogP contribution in [0.5, 0.6) is 0 Å². The summed E-state index contributed by atoms with van der Waals surface area (Å²) >= 11 is 11.7. The predicted molar refractivity (Wildman–Crippen MR) is 96.1 cm³/mol. The molecule has 126 valence electrons. The molecule has 0 radical (unpaired) electrons. The average Bonchev–Trinajstić information content (AvgIpc) is 2.51. The van der Waals surface area contributed by atoms with Gasteiger partial charge in [0.05, 0.1) is 5.56 Å². The van der Waals surface area contributed by atoms with Gasteiger partial charge in [0.25, 0.3) is 5.91 Å². The maximum atomic E-state index is 11.9. The summed E-state index contributed by atoms with van der Waals surface area (Å²) in [5.74, 6) is -1.05. The van der Waals surface area contributed by atoms with Crippen molar-refractivity contribution in [1.29, 1.82) is 0 Å². The largest absolute Gasteiger partial charge is 0.452 e. The van der Waals surface area contributed by atoms with E-state index >= 15 is 0 Å². The summed E-state index contributed by atoms with van der Waals surface area (Å²) in [4.78, 5) is 25.7. The van der Waals surface area contributed by atoms with Crippen molar-refractivity contribution in [2.75, 3.05) is 30.9 Å². The number of anilines is 2. The Bertz CT molecular complexity index is 726. The highest BCUT2D eigenvalue weighted by atomic mass is 35.5. The van der Waals surface area contributed by atoms with Gasteiger partial charge in [0.2, 0.25) is 0 Å². The highest BCUT2D eigenvalue weighted by molar-refractivity contribution is 6.35. The number of amides is 1. The van der Waals surface area contributed by atoms with Crippen molar-refractivity contribution < 1.29 is 14.3 Å². The van der Waals surface area contributed by atoms with Crippen LogP contribution in [0.2, 0.25) is 10.0 Å². The topological polar surface area (TPSA) is 58.6 Å². The number of esters is 1. The quantitative estimate of drug-likeness (QED) is 0.816. The monoisotopic (exact) mass is 366 g/mol. The van der Waals surface area contributed by atoms with E-state index in [1.54, 1.807) is 42.5 Å². The number of hydrogen-bond acceptors (Lipinski definition) is 4. The van der Waals surface area contributed by atoms with Crippen LogP contribution in [0.15, 0.2) is 42.5 Å². The molecule has 0 saturated carbocycles. The van der Waals surface area contributed by atoms with E-state index in [4.69, 9.17) is 27.9 Å². The minimum atomic E-state index is -0.570. The minimum Gasteiger partial charge on any atom is -0.452 e. The van der Waals surface area contributed by atoms with E-state index in [-0.39, 0.29) is 0 Å². The molecule has 2 rings (SSSR count). The molecule has 0 aliphatic rings. The van der Waals surface area contributed by atoms with Crippen LogP contribution in [0, 0.1) is 0 Å². The van der Waals surface area contributed by atoms with Gasteiger partial charge in [0.15, 0.2) is 6.61 Å². The summed E-state index contributed by atoms with van der Waals surface area (Å²) < 4.78 is 4.99. The van der Waals surface area contributed by atoms with Gasteiger partial charge < -0.3 is 15.0 Å². The molecule has 0 bridgehead atoms. The molecular weight excluding hydrogens is 351 g/mol. The van der Waals surface area contributed by atoms with Crippen molar-refractivity contribution in [3.05, 3.63) is 58.1 Å². The van der Waals surface area contributed by atoms with Crippen LogP contribution >= 0.6 is 23.2 Å². The summed E-state index contributed by atoms with van der Waals surface area (Å²) in [6.45, 7) is -0.404. The zero-order valence-electron chi connectivity index (χ0n) is 13.2. The average molecular weight is 367 g/mol. The zero-order chi connectivity index (χ0) is 17.7. The van der Waals surface area contributed by atoms with E-state index in [2.05, 4.69) is 5.32 Å². The fourth-order valence-electron chi connectivity index (χ4n) is 1.93. The first-order valence-electron chi connectivity index (χ1n) is 7.05. The van der Waals surface area contributed by atoms with Crippen LogP contribution in [-0.4, -0.2) is 32.6 Å². The predicted octanol–water partition coefficient (Wildman–Crippen LogP) is 3.85. The Hall–Kier alpha value is -2.24. The van der Waals surface area contributed by atoms with Gasteiger partial charge in [-0.05, 0) is 42.5 Å². The van der Waals surface area contributed by atoms with Gasteiger partial charge in [-0.3, -0.25) is 4.79 Å². The number of rotatable bonds is 5. The second kappa shape index (κ2) is 8.04. The molecule has 1 amide bonds. The number of hydrogen-bond donors (Lipinski definition) is 1. The number of benzene rings is 2. The molecule has 24 heavy (non-hydrogen) atoms. The van der Waals surface area contributed by atoms with E-state index in [9.17, 15) is 9.59 Å². The molecule has 0 unspecified atom stereocenters. The molecule has 7 heteroatoms. The van der Waals surface area contributed by atoms with E-state index < -0.39 is 18.5 Å². The molecule has 0 aromatic heterocycles. The first-order valence-corrected chi connectivity index (χ1v) is 7.81. The van der Waals surface area contributed by atoms with Gasteiger partial charge in [-0.25, -0.2) is 4.79 Å². The molecule has 2 aromatic carbocycles. The molecule has 0 aliphatic heterocycles. The summed E-state index contributed by atoms with van der Waals surface area (Å²) in [6, 6.07) is 11.5. The van der Waals surface area contributed by atoms with Gasteiger partial charge in [-0.15, -0.1) is 0 Å². The second-order valence-electron chi connectivity index (χ2n) is 5.22. The molecule has 2 aromatic rings. The van der Waals surface area contributed by atoms with Crippen LogP contribution in [0.3, 0.4) is 0 Å². The number of carbonyl (C=O) groups is 2. The SMILES string of the molecule is CN(C)c1ccc(C(=O)OCC(=O)Nc2cc(Cl)cc(Cl)c2)cc1. The Balaban J connectivity index is 1.89. The zero-order valence-corrected chi connectivity index (χ0v) is 14.7. The maximum Gasteiger partial charge on any atom is 0.338 e. The van der Waals surface area contributed by atoms with Gasteiger partial charge in [-0.1, -0.05) is 23.2 Å². The van der Waals surface area contributed by atoms with Crippen LogP contribution in [0.25, 0.3) is 0 Å². The fraction of sp³-hybridized carbons (Fsp3) is 0.176. The fourth-order valence-corrected chi connectivity index (χ4v) is 2.46. The molecule has 0 atom stereocenters. The Morgan fingerprint density at radius 1 is 1.04 bits per heavy atom. The van der Waals surface area contributed by atoms with E-state index in [0.717, 1.165) is 5.69 Å². The second-order valence-corrected chi connectivity index (χ2v) is 6.10. The van der Waals surface area contributed by atoms with Gasteiger partial charge in [-0.2, -0.15) is 0 Å². The number of nitrogens with one attached hydrogen (secondary N) is 1. The lowest BCUT2D eigenvalue weighted by atomic mass is 10.2. The summed E-state index contributed by atoms with van der Waals surface area (Å²) in [7, 11) is 3.81. The Morgan fingerprint density at radius 2 is 1.62 bits per heavy atom. The van der Waals surface area contributed by atoms with Crippen LogP contribution in [0.1, 0.15) is 10.4 Å². The summed E-state index contributed by atoms with van der Waals surface area (Å²) in [5.41, 5.74) is 1.77. The third-order valence-corrected chi connectivity index (χ3v) is 3.54. The van der Waals surface area contributed by atoms with Crippen molar-refractivity contribution in [3.63, 3.8) is 0 Å². The van der Waals surface area contributed by atoms with Crippen molar-refractivity contribution in [2.24, 2.45) is 0 Å². The van der Waals surface area contributed by atoms with Crippen molar-refractivity contribution in [2.45, 2.75) is 0 Å². The molecule has 0 aliphatic carbocycles. The van der Waals surface area contributed by atoms with Crippen molar-refractivity contribution >= 4 is 46.5 Å². The Kier molecular flexibility index (Phi) is 6.06. The highest BCUT2D eigenvalue weighted by Gasteiger charge is 2.11. The molecule has 0 heterocycles. The minimum absolute atomic E-state index is 0.374. The van der Waals surface area contributed by atoms with E-state index in [1.807, 2.05) is 19.0 Å². The van der Waals surface area contributed by atoms with Crippen LogP contribution in [-0.2, 0) is 9.53 Å². The maximum absolute atomic E-state index is 11.9.